The van der Waals surface area contributed by atoms with Crippen LogP contribution in [0.4, 0.5) is 0 Å². The highest BCUT2D eigenvalue weighted by molar-refractivity contribution is 6.15. The average molecular weight is 95.1 g/mol. The van der Waals surface area contributed by atoms with Crippen molar-refractivity contribution in [3.63, 3.8) is 0 Å². The quantitative estimate of drug-likeness (QED) is 0.392. The summed E-state index contributed by atoms with van der Waals surface area (Å²) in [7, 11) is 0. The van der Waals surface area contributed by atoms with Gasteiger partial charge < -0.3 is 5.32 Å². The van der Waals surface area contributed by atoms with E-state index in [1.807, 2.05) is 0 Å². The maximum Gasteiger partial charge on any atom is 0.123 e. The minimum Gasteiger partial charge on any atom is -0.326 e. The molecule has 1 rings (SSSR count). The molecule has 0 aromatic rings. The number of nitrogens with one attached hydrogen (secondary N) is 3. The number of hydrogen-bond acceptors (Lipinski definition) is 2. The fourth-order valence-corrected chi connectivity index (χ4v) is 0.395. The van der Waals surface area contributed by atoms with E-state index in [0.717, 1.165) is 0 Å². The lowest BCUT2D eigenvalue weighted by molar-refractivity contribution is 1.30. The molecule has 36 valence electrons. The van der Waals surface area contributed by atoms with Gasteiger partial charge in [-0.1, -0.05) is 0 Å². The Balaban J connectivity index is 2.76. The molecule has 0 bridgehead atoms. The van der Waals surface area contributed by atoms with E-state index in [0.29, 0.717) is 11.7 Å². The summed E-state index contributed by atoms with van der Waals surface area (Å²) in [4.78, 5) is 0. The lowest BCUT2D eigenvalue weighted by Gasteiger charge is -1.87. The van der Waals surface area contributed by atoms with Gasteiger partial charge in [0.25, 0.3) is 0 Å². The first-order valence-electron chi connectivity index (χ1n) is 1.91. The second kappa shape index (κ2) is 1.18. The summed E-state index contributed by atoms with van der Waals surface area (Å²) >= 11 is 0. The Morgan fingerprint density at radius 1 is 1.14 bits per heavy atom. The second-order valence-corrected chi connectivity index (χ2v) is 1.29. The SMILES string of the molecule is N=C1C=CC(=N)N1. The van der Waals surface area contributed by atoms with Crippen LogP contribution in [-0.2, 0) is 0 Å². The van der Waals surface area contributed by atoms with Crippen molar-refractivity contribution in [3.05, 3.63) is 12.2 Å². The Bertz CT molecular complexity index is 129. The normalized spacial score (nSPS) is 17.7. The lowest BCUT2D eigenvalue weighted by atomic mass is 10.5. The van der Waals surface area contributed by atoms with Crippen molar-refractivity contribution in [1.82, 2.24) is 5.32 Å². The number of amidine groups is 2. The molecule has 1 aliphatic heterocycles. The molecular weight excluding hydrogens is 90.1 g/mol. The van der Waals surface area contributed by atoms with Crippen molar-refractivity contribution in [2.24, 2.45) is 0 Å². The zero-order valence-corrected chi connectivity index (χ0v) is 3.65. The van der Waals surface area contributed by atoms with Gasteiger partial charge in [0, 0.05) is 0 Å². The van der Waals surface area contributed by atoms with Gasteiger partial charge >= 0.3 is 0 Å². The molecule has 0 unspecified atom stereocenters. The third kappa shape index (κ3) is 0.652. The van der Waals surface area contributed by atoms with Gasteiger partial charge in [-0.25, -0.2) is 0 Å². The molecule has 3 nitrogen and oxygen atoms in total. The Labute approximate surface area is 41.1 Å². The van der Waals surface area contributed by atoms with E-state index in [1.165, 1.54) is 0 Å². The molecule has 1 heterocycles. The predicted molar refractivity (Wildman–Crippen MR) is 27.7 cm³/mol. The van der Waals surface area contributed by atoms with E-state index in [9.17, 15) is 0 Å². The van der Waals surface area contributed by atoms with Crippen LogP contribution in [0.5, 0.6) is 0 Å². The average Bonchev–Trinajstić information content (AvgIpc) is 1.87. The summed E-state index contributed by atoms with van der Waals surface area (Å²) in [5.41, 5.74) is 0. The molecule has 3 heteroatoms. The van der Waals surface area contributed by atoms with E-state index in [-0.39, 0.29) is 0 Å². The zero-order valence-electron chi connectivity index (χ0n) is 3.65. The van der Waals surface area contributed by atoms with Gasteiger partial charge in [0.2, 0.25) is 0 Å². The van der Waals surface area contributed by atoms with Crippen molar-refractivity contribution in [1.29, 1.82) is 10.8 Å². The largest absolute Gasteiger partial charge is 0.326 e. The van der Waals surface area contributed by atoms with Crippen LogP contribution in [0.15, 0.2) is 12.2 Å². The predicted octanol–water partition coefficient (Wildman–Crippen LogP) is 0.100. The van der Waals surface area contributed by atoms with Crippen molar-refractivity contribution in [3.8, 4) is 0 Å². The highest BCUT2D eigenvalue weighted by atomic mass is 15.0. The number of rotatable bonds is 0. The van der Waals surface area contributed by atoms with Crippen LogP contribution in [-0.4, -0.2) is 11.7 Å². The second-order valence-electron chi connectivity index (χ2n) is 1.29. The first-order valence-corrected chi connectivity index (χ1v) is 1.91. The van der Waals surface area contributed by atoms with Gasteiger partial charge in [0.05, 0.1) is 0 Å². The van der Waals surface area contributed by atoms with Crippen molar-refractivity contribution in [2.45, 2.75) is 0 Å². The van der Waals surface area contributed by atoms with Crippen LogP contribution in [0.1, 0.15) is 0 Å². The van der Waals surface area contributed by atoms with E-state index >= 15 is 0 Å². The molecule has 0 atom stereocenters. The first kappa shape index (κ1) is 4.05. The first-order chi connectivity index (χ1) is 3.29. The maximum absolute atomic E-state index is 6.84. The van der Waals surface area contributed by atoms with E-state index in [1.54, 1.807) is 12.2 Å². The Morgan fingerprint density at radius 2 is 1.57 bits per heavy atom. The van der Waals surface area contributed by atoms with Gasteiger partial charge in [-0.15, -0.1) is 0 Å². The highest BCUT2D eigenvalue weighted by Gasteiger charge is 1.99. The van der Waals surface area contributed by atoms with E-state index in [2.05, 4.69) is 5.32 Å². The van der Waals surface area contributed by atoms with Crippen LogP contribution < -0.4 is 5.32 Å². The molecule has 0 radical (unpaired) electrons. The smallest absolute Gasteiger partial charge is 0.123 e. The standard InChI is InChI=1S/C4H5N3/c5-3-1-2-4(6)7-3/h1-2H,(H3,5,6,7). The number of hydrogen-bond donors (Lipinski definition) is 3. The molecular formula is C4H5N3. The van der Waals surface area contributed by atoms with Gasteiger partial charge in [-0.05, 0) is 12.2 Å². The third-order valence-corrected chi connectivity index (χ3v) is 0.686. The third-order valence-electron chi connectivity index (χ3n) is 0.686. The molecule has 0 spiro atoms. The summed E-state index contributed by atoms with van der Waals surface area (Å²) in [6.07, 6.45) is 3.09. The van der Waals surface area contributed by atoms with E-state index < -0.39 is 0 Å². The van der Waals surface area contributed by atoms with Gasteiger partial charge in [0.1, 0.15) is 11.7 Å². The van der Waals surface area contributed by atoms with Gasteiger partial charge in [-0.3, -0.25) is 10.8 Å². The summed E-state index contributed by atoms with van der Waals surface area (Å²) in [6.45, 7) is 0. The molecule has 0 aromatic carbocycles. The summed E-state index contributed by atoms with van der Waals surface area (Å²) < 4.78 is 0. The summed E-state index contributed by atoms with van der Waals surface area (Å²) in [5, 5.41) is 16.2. The van der Waals surface area contributed by atoms with Crippen LogP contribution >= 0.6 is 0 Å². The molecule has 0 amide bonds. The van der Waals surface area contributed by atoms with Crippen LogP contribution in [0, 0.1) is 10.8 Å². The molecule has 0 saturated carbocycles. The van der Waals surface area contributed by atoms with Crippen LogP contribution in [0.25, 0.3) is 0 Å². The highest BCUT2D eigenvalue weighted by Crippen LogP contribution is 1.83. The summed E-state index contributed by atoms with van der Waals surface area (Å²) in [6, 6.07) is 0. The van der Waals surface area contributed by atoms with E-state index in [4.69, 9.17) is 10.8 Å². The van der Waals surface area contributed by atoms with Crippen LogP contribution in [0.3, 0.4) is 0 Å². The molecule has 0 saturated heterocycles. The fraction of sp³-hybridized carbons (Fsp3) is 0. The minimum atomic E-state index is 0.296. The summed E-state index contributed by atoms with van der Waals surface area (Å²) in [5.74, 6) is 0.593. The topological polar surface area (TPSA) is 59.7 Å². The van der Waals surface area contributed by atoms with Crippen molar-refractivity contribution >= 4 is 11.7 Å². The monoisotopic (exact) mass is 95.0 g/mol. The molecule has 0 aliphatic carbocycles. The minimum absolute atomic E-state index is 0.296. The zero-order chi connectivity index (χ0) is 5.28. The molecule has 0 fully saturated rings. The Hall–Kier alpha value is -1.12. The molecule has 7 heavy (non-hydrogen) atoms. The van der Waals surface area contributed by atoms with Crippen molar-refractivity contribution < 1.29 is 0 Å². The Morgan fingerprint density at radius 3 is 1.71 bits per heavy atom. The molecule has 3 N–H and O–H groups in total. The van der Waals surface area contributed by atoms with Gasteiger partial charge in [-0.2, -0.15) is 0 Å². The van der Waals surface area contributed by atoms with Crippen LogP contribution in [0.2, 0.25) is 0 Å². The van der Waals surface area contributed by atoms with Gasteiger partial charge in [0.15, 0.2) is 0 Å². The molecule has 1 aliphatic rings. The maximum atomic E-state index is 6.84. The molecule has 0 aromatic heterocycles. The lowest BCUT2D eigenvalue weighted by Crippen LogP contribution is -2.18. The fourth-order valence-electron chi connectivity index (χ4n) is 0.395. The van der Waals surface area contributed by atoms with Crippen molar-refractivity contribution in [2.75, 3.05) is 0 Å². The Kier molecular flexibility index (Phi) is 0.685.